The summed E-state index contributed by atoms with van der Waals surface area (Å²) in [6.45, 7) is 3.89. The lowest BCUT2D eigenvalue weighted by molar-refractivity contribution is -0.157. The van der Waals surface area contributed by atoms with Crippen LogP contribution in [-0.2, 0) is 9.59 Å². The number of thiocarbonyl (C=S) groups is 1. The van der Waals surface area contributed by atoms with Crippen LogP contribution in [0, 0.1) is 5.41 Å². The molecule has 0 bridgehead atoms. The Morgan fingerprint density at radius 2 is 1.61 bits per heavy atom. The number of hydrogen-bond donors (Lipinski definition) is 1. The van der Waals surface area contributed by atoms with Crippen molar-refractivity contribution in [2.24, 2.45) is 11.1 Å². The minimum Gasteiger partial charge on any atom is -0.391 e. The van der Waals surface area contributed by atoms with Crippen LogP contribution < -0.4 is 5.73 Å². The topological polar surface area (TPSA) is 63.4 Å². The molecule has 100 valence electrons. The summed E-state index contributed by atoms with van der Waals surface area (Å²) in [5, 5.41) is 0. The van der Waals surface area contributed by atoms with Crippen molar-refractivity contribution in [1.82, 2.24) is 4.90 Å². The van der Waals surface area contributed by atoms with E-state index in [4.69, 9.17) is 18.0 Å². The van der Waals surface area contributed by atoms with Crippen molar-refractivity contribution in [2.45, 2.75) is 57.9 Å². The number of nitrogens with zero attached hydrogens (tertiary/aromatic N) is 1. The van der Waals surface area contributed by atoms with Crippen molar-refractivity contribution in [1.29, 1.82) is 0 Å². The van der Waals surface area contributed by atoms with E-state index in [1.54, 1.807) is 0 Å². The van der Waals surface area contributed by atoms with Crippen molar-refractivity contribution in [3.05, 3.63) is 0 Å². The molecule has 0 aromatic rings. The summed E-state index contributed by atoms with van der Waals surface area (Å²) in [6.07, 6.45) is 4.17. The second-order valence-corrected chi connectivity index (χ2v) is 6.68. The Hall–Kier alpha value is -0.970. The Labute approximate surface area is 113 Å². The molecule has 2 N–H and O–H groups in total. The lowest BCUT2D eigenvalue weighted by atomic mass is 9.79. The smallest absolute Gasteiger partial charge is 0.230 e. The molecule has 1 saturated carbocycles. The molecule has 0 radical (unpaired) electrons. The lowest BCUT2D eigenvalue weighted by Crippen LogP contribution is -2.62. The van der Waals surface area contributed by atoms with Crippen molar-refractivity contribution in [3.8, 4) is 0 Å². The van der Waals surface area contributed by atoms with Crippen molar-refractivity contribution in [2.75, 3.05) is 0 Å². The average molecular weight is 268 g/mol. The quantitative estimate of drug-likeness (QED) is 0.612. The number of carbonyl (C=O) groups excluding carboxylic acids is 2. The summed E-state index contributed by atoms with van der Waals surface area (Å²) in [4.78, 5) is 26.3. The van der Waals surface area contributed by atoms with Gasteiger partial charge in [-0.3, -0.25) is 14.5 Å². The molecule has 1 saturated heterocycles. The molecule has 1 aliphatic heterocycles. The van der Waals surface area contributed by atoms with Crippen LogP contribution >= 0.6 is 12.2 Å². The fraction of sp³-hybridized carbons (Fsp3) is 0.769. The number of amides is 2. The van der Waals surface area contributed by atoms with E-state index in [-0.39, 0.29) is 17.2 Å². The van der Waals surface area contributed by atoms with Crippen LogP contribution in [-0.4, -0.2) is 27.2 Å². The predicted octanol–water partition coefficient (Wildman–Crippen LogP) is 1.76. The molecule has 0 spiro atoms. The standard InChI is InChI=1S/C13H20N2O2S/c1-12(2)7-9(16)15(10(17)8-12)13(11(14)18)5-3-4-6-13/h3-8H2,1-2H3,(H2,14,18). The molecule has 1 heterocycles. The van der Waals surface area contributed by atoms with Gasteiger partial charge in [0.25, 0.3) is 0 Å². The lowest BCUT2D eigenvalue weighted by Gasteiger charge is -2.44. The van der Waals surface area contributed by atoms with Gasteiger partial charge in [0.1, 0.15) is 5.54 Å². The SMILES string of the molecule is CC1(C)CC(=O)N(C2(C(N)=S)CCCC2)C(=O)C1. The zero-order valence-electron chi connectivity index (χ0n) is 11.0. The molecule has 2 rings (SSSR count). The fourth-order valence-electron chi connectivity index (χ4n) is 3.20. The monoisotopic (exact) mass is 268 g/mol. The molecule has 2 fully saturated rings. The first-order valence-electron chi connectivity index (χ1n) is 6.44. The number of rotatable bonds is 2. The van der Waals surface area contributed by atoms with Gasteiger partial charge in [0.2, 0.25) is 11.8 Å². The van der Waals surface area contributed by atoms with E-state index < -0.39 is 5.54 Å². The van der Waals surface area contributed by atoms with Crippen LogP contribution in [0.4, 0.5) is 0 Å². The summed E-state index contributed by atoms with van der Waals surface area (Å²) in [7, 11) is 0. The number of nitrogens with two attached hydrogens (primary N) is 1. The van der Waals surface area contributed by atoms with E-state index in [0.717, 1.165) is 25.7 Å². The zero-order valence-corrected chi connectivity index (χ0v) is 11.8. The van der Waals surface area contributed by atoms with Gasteiger partial charge >= 0.3 is 0 Å². The first-order valence-corrected chi connectivity index (χ1v) is 6.85. The van der Waals surface area contributed by atoms with Gasteiger partial charge < -0.3 is 5.73 Å². The summed E-state index contributed by atoms with van der Waals surface area (Å²) < 4.78 is 0. The molecule has 0 aromatic heterocycles. The van der Waals surface area contributed by atoms with Crippen LogP contribution in [0.2, 0.25) is 0 Å². The minimum absolute atomic E-state index is 0.119. The zero-order chi connectivity index (χ0) is 13.6. The highest BCUT2D eigenvalue weighted by Gasteiger charge is 2.51. The Kier molecular flexibility index (Phi) is 3.21. The van der Waals surface area contributed by atoms with E-state index in [1.165, 1.54) is 4.90 Å². The molecule has 5 heteroatoms. The third-order valence-corrected chi connectivity index (χ3v) is 4.46. The molecule has 0 unspecified atom stereocenters. The third kappa shape index (κ3) is 2.05. The molecule has 1 aliphatic carbocycles. The summed E-state index contributed by atoms with van der Waals surface area (Å²) in [6, 6.07) is 0. The Balaban J connectivity index is 2.35. The van der Waals surface area contributed by atoms with Gasteiger partial charge in [0.15, 0.2) is 0 Å². The number of imide groups is 1. The van der Waals surface area contributed by atoms with E-state index in [1.807, 2.05) is 13.8 Å². The van der Waals surface area contributed by atoms with Gasteiger partial charge in [-0.25, -0.2) is 0 Å². The Morgan fingerprint density at radius 3 is 2.00 bits per heavy atom. The second kappa shape index (κ2) is 4.30. The van der Waals surface area contributed by atoms with Gasteiger partial charge in [-0.1, -0.05) is 38.9 Å². The van der Waals surface area contributed by atoms with Gasteiger partial charge in [-0.15, -0.1) is 0 Å². The number of piperidine rings is 1. The second-order valence-electron chi connectivity index (χ2n) is 6.24. The normalized spacial score (nSPS) is 26.4. The van der Waals surface area contributed by atoms with Gasteiger partial charge in [-0.2, -0.15) is 0 Å². The Bertz CT molecular complexity index is 391. The van der Waals surface area contributed by atoms with E-state index in [2.05, 4.69) is 0 Å². The molecule has 4 nitrogen and oxygen atoms in total. The van der Waals surface area contributed by atoms with Crippen LogP contribution in [0.5, 0.6) is 0 Å². The summed E-state index contributed by atoms with van der Waals surface area (Å²) in [5.74, 6) is -0.239. The maximum atomic E-state index is 12.3. The first kappa shape index (κ1) is 13.5. The molecule has 18 heavy (non-hydrogen) atoms. The maximum Gasteiger partial charge on any atom is 0.230 e. The predicted molar refractivity (Wildman–Crippen MR) is 72.9 cm³/mol. The highest BCUT2D eigenvalue weighted by Crippen LogP contribution is 2.41. The largest absolute Gasteiger partial charge is 0.391 e. The maximum absolute atomic E-state index is 12.3. The van der Waals surface area contributed by atoms with Crippen molar-refractivity contribution in [3.63, 3.8) is 0 Å². The minimum atomic E-state index is -0.681. The van der Waals surface area contributed by atoms with E-state index in [0.29, 0.717) is 17.8 Å². The summed E-state index contributed by atoms with van der Waals surface area (Å²) >= 11 is 5.14. The molecule has 0 aromatic carbocycles. The highest BCUT2D eigenvalue weighted by atomic mass is 32.1. The van der Waals surface area contributed by atoms with E-state index in [9.17, 15) is 9.59 Å². The average Bonchev–Trinajstić information content (AvgIpc) is 2.64. The first-order chi connectivity index (χ1) is 8.28. The number of likely N-dealkylation sites (tertiary alicyclic amines) is 1. The Morgan fingerprint density at radius 1 is 1.17 bits per heavy atom. The fourth-order valence-corrected chi connectivity index (χ4v) is 3.49. The van der Waals surface area contributed by atoms with Crippen molar-refractivity contribution >= 4 is 29.0 Å². The van der Waals surface area contributed by atoms with Gasteiger partial charge in [0, 0.05) is 12.8 Å². The molecular weight excluding hydrogens is 248 g/mol. The highest BCUT2D eigenvalue weighted by molar-refractivity contribution is 7.80. The van der Waals surface area contributed by atoms with Gasteiger partial charge in [-0.05, 0) is 18.3 Å². The van der Waals surface area contributed by atoms with Crippen molar-refractivity contribution < 1.29 is 9.59 Å². The molecule has 2 amide bonds. The molecular formula is C13H20N2O2S. The number of hydrogen-bond acceptors (Lipinski definition) is 3. The third-order valence-electron chi connectivity index (χ3n) is 4.08. The molecule has 0 atom stereocenters. The number of carbonyl (C=O) groups is 2. The van der Waals surface area contributed by atoms with Crippen LogP contribution in [0.1, 0.15) is 52.4 Å². The molecule has 2 aliphatic rings. The van der Waals surface area contributed by atoms with E-state index >= 15 is 0 Å². The van der Waals surface area contributed by atoms with Crippen LogP contribution in [0.15, 0.2) is 0 Å². The van der Waals surface area contributed by atoms with Gasteiger partial charge in [0.05, 0.1) is 4.99 Å². The summed E-state index contributed by atoms with van der Waals surface area (Å²) in [5.41, 5.74) is 4.91. The van der Waals surface area contributed by atoms with Crippen LogP contribution in [0.25, 0.3) is 0 Å². The van der Waals surface area contributed by atoms with Crippen LogP contribution in [0.3, 0.4) is 0 Å².